The summed E-state index contributed by atoms with van der Waals surface area (Å²) in [5.41, 5.74) is 3.77. The van der Waals surface area contributed by atoms with Crippen molar-refractivity contribution in [2.45, 2.75) is 51.2 Å². The molecule has 1 saturated carbocycles. The van der Waals surface area contributed by atoms with Crippen molar-refractivity contribution in [1.29, 1.82) is 0 Å². The van der Waals surface area contributed by atoms with E-state index in [0.29, 0.717) is 18.6 Å². The molecular weight excluding hydrogens is 251 g/mol. The van der Waals surface area contributed by atoms with E-state index in [1.807, 2.05) is 0 Å². The third-order valence-corrected chi connectivity index (χ3v) is 3.54. The Morgan fingerprint density at radius 1 is 1.37 bits per heavy atom. The fourth-order valence-corrected chi connectivity index (χ4v) is 2.23. The van der Waals surface area contributed by atoms with E-state index in [2.05, 4.69) is 4.99 Å². The van der Waals surface area contributed by atoms with Gasteiger partial charge in [0.2, 0.25) is 0 Å². The summed E-state index contributed by atoms with van der Waals surface area (Å²) >= 11 is 0. The molecule has 0 saturated heterocycles. The minimum atomic E-state index is -1.74. The molecule has 0 bridgehead atoms. The van der Waals surface area contributed by atoms with Gasteiger partial charge in [0.1, 0.15) is 0 Å². The van der Waals surface area contributed by atoms with Gasteiger partial charge in [0.15, 0.2) is 11.5 Å². The minimum Gasteiger partial charge on any atom is -0.478 e. The summed E-state index contributed by atoms with van der Waals surface area (Å²) in [7, 11) is 0. The summed E-state index contributed by atoms with van der Waals surface area (Å²) in [5.74, 6) is -1.58. The highest BCUT2D eigenvalue weighted by atomic mass is 19.1. The molecule has 3 N–H and O–H groups in total. The lowest BCUT2D eigenvalue weighted by Crippen LogP contribution is -2.37. The first kappa shape index (κ1) is 15.3. The van der Waals surface area contributed by atoms with Gasteiger partial charge in [-0.05, 0) is 39.5 Å². The Morgan fingerprint density at radius 3 is 2.26 bits per heavy atom. The zero-order valence-corrected chi connectivity index (χ0v) is 11.1. The van der Waals surface area contributed by atoms with Gasteiger partial charge in [0.05, 0.1) is 11.6 Å². The van der Waals surface area contributed by atoms with Crippen LogP contribution in [-0.4, -0.2) is 34.3 Å². The maximum Gasteiger partial charge on any atom is 0.339 e. The molecule has 0 unspecified atom stereocenters. The zero-order chi connectivity index (χ0) is 14.6. The number of aliphatic imine (C=N–C) groups is 1. The monoisotopic (exact) mass is 270 g/mol. The first-order chi connectivity index (χ1) is 8.80. The Labute approximate surface area is 111 Å². The second-order valence-electron chi connectivity index (χ2n) is 4.85. The van der Waals surface area contributed by atoms with Crippen LogP contribution in [0.5, 0.6) is 0 Å². The van der Waals surface area contributed by atoms with E-state index in [1.54, 1.807) is 6.92 Å². The molecule has 0 heterocycles. The predicted octanol–water partition coefficient (Wildman–Crippen LogP) is 1.61. The van der Waals surface area contributed by atoms with Crippen LogP contribution in [0.4, 0.5) is 4.39 Å². The van der Waals surface area contributed by atoms with E-state index in [0.717, 1.165) is 6.20 Å². The molecule has 106 valence electrons. The molecule has 0 radical (unpaired) electrons. The van der Waals surface area contributed by atoms with Crippen LogP contribution in [0.25, 0.3) is 0 Å². The Bertz CT molecular complexity index is 435. The number of nitrogens with two attached hydrogens (primary N) is 1. The van der Waals surface area contributed by atoms with Crippen LogP contribution in [-0.2, 0) is 9.59 Å². The number of hydrogen-bond donors (Lipinski definition) is 2. The summed E-state index contributed by atoms with van der Waals surface area (Å²) in [5, 5.41) is 8.90. The van der Waals surface area contributed by atoms with Crippen molar-refractivity contribution in [1.82, 2.24) is 0 Å². The van der Waals surface area contributed by atoms with E-state index in [1.165, 1.54) is 6.92 Å². The molecule has 0 aromatic rings. The highest BCUT2D eigenvalue weighted by Gasteiger charge is 2.39. The Kier molecular flexibility index (Phi) is 4.80. The summed E-state index contributed by atoms with van der Waals surface area (Å²) in [6.07, 6.45) is 2.14. The number of halogens is 1. The van der Waals surface area contributed by atoms with Crippen LogP contribution in [0.15, 0.2) is 16.8 Å². The van der Waals surface area contributed by atoms with Crippen molar-refractivity contribution in [2.24, 2.45) is 10.7 Å². The second kappa shape index (κ2) is 5.95. The van der Waals surface area contributed by atoms with E-state index in [4.69, 9.17) is 10.8 Å². The third-order valence-electron chi connectivity index (χ3n) is 3.54. The maximum atomic E-state index is 14.0. The standard InChI is InChI=1S/C13H19FN2O3/c1-8(11(7-15)12(18)19)16-10-3-5-13(14,6-4-10)9(2)17/h7,10H,3-6,15H2,1-2H3,(H,18,19). The largest absolute Gasteiger partial charge is 0.478 e. The lowest BCUT2D eigenvalue weighted by molar-refractivity contribution is -0.132. The van der Waals surface area contributed by atoms with Gasteiger partial charge in [-0.3, -0.25) is 9.79 Å². The van der Waals surface area contributed by atoms with E-state index >= 15 is 0 Å². The molecule has 0 aromatic carbocycles. The average molecular weight is 270 g/mol. The van der Waals surface area contributed by atoms with Gasteiger partial charge in [-0.15, -0.1) is 0 Å². The van der Waals surface area contributed by atoms with Crippen LogP contribution in [0.2, 0.25) is 0 Å². The van der Waals surface area contributed by atoms with Crippen LogP contribution < -0.4 is 5.73 Å². The van der Waals surface area contributed by atoms with E-state index in [9.17, 15) is 14.0 Å². The number of hydrogen-bond acceptors (Lipinski definition) is 4. The Morgan fingerprint density at radius 2 is 1.89 bits per heavy atom. The van der Waals surface area contributed by atoms with Crippen molar-refractivity contribution in [3.8, 4) is 0 Å². The normalized spacial score (nSPS) is 29.1. The summed E-state index contributed by atoms with van der Waals surface area (Å²) in [4.78, 5) is 26.3. The first-order valence-electron chi connectivity index (χ1n) is 6.20. The van der Waals surface area contributed by atoms with Gasteiger partial charge in [0.25, 0.3) is 0 Å². The van der Waals surface area contributed by atoms with Crippen LogP contribution in [0.1, 0.15) is 39.5 Å². The molecule has 0 atom stereocenters. The van der Waals surface area contributed by atoms with Crippen LogP contribution >= 0.6 is 0 Å². The van der Waals surface area contributed by atoms with Crippen molar-refractivity contribution >= 4 is 17.5 Å². The molecule has 1 fully saturated rings. The number of aliphatic carboxylic acids is 1. The molecule has 1 aliphatic carbocycles. The molecule has 1 rings (SSSR count). The van der Waals surface area contributed by atoms with Crippen LogP contribution in [0.3, 0.4) is 0 Å². The number of carboxylic acids is 1. The lowest BCUT2D eigenvalue weighted by Gasteiger charge is -2.30. The fraction of sp³-hybridized carbons (Fsp3) is 0.615. The number of carbonyl (C=O) groups excluding carboxylic acids is 1. The number of ketones is 1. The SMILES string of the molecule is CC(=O)C1(F)CCC(N=C(C)C(=CN)C(=O)O)CC1. The van der Waals surface area contributed by atoms with Crippen molar-refractivity contribution in [3.05, 3.63) is 11.8 Å². The maximum absolute atomic E-state index is 14.0. The number of carboxylic acid groups (broad SMARTS) is 1. The predicted molar refractivity (Wildman–Crippen MR) is 69.8 cm³/mol. The van der Waals surface area contributed by atoms with Gasteiger partial charge in [-0.1, -0.05) is 0 Å². The third kappa shape index (κ3) is 3.62. The molecule has 0 spiro atoms. The van der Waals surface area contributed by atoms with Gasteiger partial charge in [0, 0.05) is 11.9 Å². The van der Waals surface area contributed by atoms with Gasteiger partial charge in [-0.2, -0.15) is 0 Å². The van der Waals surface area contributed by atoms with Gasteiger partial charge in [-0.25, -0.2) is 9.18 Å². The van der Waals surface area contributed by atoms with Gasteiger partial charge >= 0.3 is 5.97 Å². The summed E-state index contributed by atoms with van der Waals surface area (Å²) in [6.45, 7) is 2.82. The van der Waals surface area contributed by atoms with Crippen LogP contribution in [0, 0.1) is 0 Å². The molecule has 19 heavy (non-hydrogen) atoms. The second-order valence-corrected chi connectivity index (χ2v) is 4.85. The Hall–Kier alpha value is -1.72. The number of Topliss-reactive ketones (excluding diaryl/α,β-unsaturated/α-hetero) is 1. The van der Waals surface area contributed by atoms with Crippen molar-refractivity contribution in [3.63, 3.8) is 0 Å². The zero-order valence-electron chi connectivity index (χ0n) is 11.1. The highest BCUT2D eigenvalue weighted by molar-refractivity contribution is 6.18. The minimum absolute atomic E-state index is 0.0522. The highest BCUT2D eigenvalue weighted by Crippen LogP contribution is 2.34. The lowest BCUT2D eigenvalue weighted by atomic mass is 9.81. The Balaban J connectivity index is 2.72. The smallest absolute Gasteiger partial charge is 0.339 e. The van der Waals surface area contributed by atoms with E-state index < -0.39 is 17.4 Å². The number of alkyl halides is 1. The molecule has 1 aliphatic rings. The summed E-state index contributed by atoms with van der Waals surface area (Å²) in [6, 6.07) is -0.155. The molecule has 0 aromatic heterocycles. The van der Waals surface area contributed by atoms with Crippen molar-refractivity contribution < 1.29 is 19.1 Å². The van der Waals surface area contributed by atoms with E-state index in [-0.39, 0.29) is 24.5 Å². The topological polar surface area (TPSA) is 92.8 Å². The molecule has 0 aliphatic heterocycles. The molecule has 6 heteroatoms. The quantitative estimate of drug-likeness (QED) is 0.599. The number of rotatable bonds is 4. The fourth-order valence-electron chi connectivity index (χ4n) is 2.23. The number of carbonyl (C=O) groups is 2. The molecule has 5 nitrogen and oxygen atoms in total. The van der Waals surface area contributed by atoms with Gasteiger partial charge < -0.3 is 10.8 Å². The molecule has 0 amide bonds. The molecular formula is C13H19FN2O3. The van der Waals surface area contributed by atoms with Crippen molar-refractivity contribution in [2.75, 3.05) is 0 Å². The summed E-state index contributed by atoms with van der Waals surface area (Å²) < 4.78 is 14.0. The average Bonchev–Trinajstić information content (AvgIpc) is 2.32. The number of nitrogens with zero attached hydrogens (tertiary/aromatic N) is 1. The first-order valence-corrected chi connectivity index (χ1v) is 6.20.